The Morgan fingerprint density at radius 3 is 1.24 bits per heavy atom. The van der Waals surface area contributed by atoms with Gasteiger partial charge in [0.2, 0.25) is 0 Å². The lowest BCUT2D eigenvalue weighted by molar-refractivity contribution is -0.305. The van der Waals surface area contributed by atoms with E-state index < -0.39 is 43.4 Å². The van der Waals surface area contributed by atoms with Gasteiger partial charge in [0.05, 0.1) is 19.8 Å². The van der Waals surface area contributed by atoms with Gasteiger partial charge in [0.25, 0.3) is 0 Å². The summed E-state index contributed by atoms with van der Waals surface area (Å²) in [4.78, 5) is 12.9. The van der Waals surface area contributed by atoms with E-state index in [1.165, 1.54) is 154 Å². The zero-order valence-corrected chi connectivity index (χ0v) is 45.0. The minimum Gasteiger partial charge on any atom is -0.457 e. The van der Waals surface area contributed by atoms with Gasteiger partial charge in [0.1, 0.15) is 30.5 Å². The SMILES string of the molecule is CCCCCCC/C=C\C/C=C\C/C=C\CCCCCCCCCCCCC(=O)OC(COCCCCCCCCC/C=C\C/C=C\C/C=C\CCCCCCC)COC1OC(CO)C(O)C(O)C1O. The zero-order valence-electron chi connectivity index (χ0n) is 45.0. The molecule has 1 aliphatic rings. The molecule has 9 nitrogen and oxygen atoms in total. The first kappa shape index (κ1) is 65.6. The first-order valence-corrected chi connectivity index (χ1v) is 29.0. The lowest BCUT2D eigenvalue weighted by Gasteiger charge is -2.39. The molecule has 0 aliphatic carbocycles. The highest BCUT2D eigenvalue weighted by Crippen LogP contribution is 2.23. The van der Waals surface area contributed by atoms with Crippen molar-refractivity contribution in [3.63, 3.8) is 0 Å². The lowest BCUT2D eigenvalue weighted by Crippen LogP contribution is -2.59. The monoisotopic (exact) mass is 985 g/mol. The number of rotatable bonds is 50. The molecule has 1 aliphatic heterocycles. The molecule has 1 rings (SSSR count). The number of carbonyl (C=O) groups is 1. The van der Waals surface area contributed by atoms with Crippen LogP contribution in [0.15, 0.2) is 72.9 Å². The number of carbonyl (C=O) groups excluding carboxylic acids is 1. The fraction of sp³-hybridized carbons (Fsp3) is 0.787. The predicted octanol–water partition coefficient (Wildman–Crippen LogP) is 15.2. The third-order valence-corrected chi connectivity index (χ3v) is 13.1. The normalized spacial score (nSPS) is 19.4. The van der Waals surface area contributed by atoms with Gasteiger partial charge in [0.15, 0.2) is 6.29 Å². The Hall–Kier alpha value is -2.37. The molecule has 1 heterocycles. The minimum atomic E-state index is -1.54. The van der Waals surface area contributed by atoms with Crippen LogP contribution in [-0.2, 0) is 23.7 Å². The summed E-state index contributed by atoms with van der Waals surface area (Å²) in [7, 11) is 0. The number of aliphatic hydroxyl groups excluding tert-OH is 4. The second-order valence-corrected chi connectivity index (χ2v) is 19.7. The van der Waals surface area contributed by atoms with Gasteiger partial charge in [-0.05, 0) is 89.9 Å². The summed E-state index contributed by atoms with van der Waals surface area (Å²) < 4.78 is 23.0. The van der Waals surface area contributed by atoms with Crippen LogP contribution in [0.25, 0.3) is 0 Å². The van der Waals surface area contributed by atoms with Crippen molar-refractivity contribution in [3.05, 3.63) is 72.9 Å². The van der Waals surface area contributed by atoms with Crippen molar-refractivity contribution in [2.75, 3.05) is 26.4 Å². The predicted molar refractivity (Wildman–Crippen MR) is 293 cm³/mol. The first-order valence-electron chi connectivity index (χ1n) is 29.0. The Bertz CT molecular complexity index is 1310. The van der Waals surface area contributed by atoms with Crippen molar-refractivity contribution in [2.24, 2.45) is 0 Å². The summed E-state index contributed by atoms with van der Waals surface area (Å²) in [6.45, 7) is 4.53. The fourth-order valence-corrected chi connectivity index (χ4v) is 8.57. The second-order valence-electron chi connectivity index (χ2n) is 19.7. The van der Waals surface area contributed by atoms with E-state index in [-0.39, 0.29) is 19.2 Å². The Labute approximate surface area is 429 Å². The number of hydrogen-bond acceptors (Lipinski definition) is 9. The van der Waals surface area contributed by atoms with E-state index in [0.717, 1.165) is 70.6 Å². The molecule has 406 valence electrons. The van der Waals surface area contributed by atoms with Gasteiger partial charge in [-0.1, -0.05) is 222 Å². The quantitative estimate of drug-likeness (QED) is 0.0267. The Morgan fingerprint density at radius 1 is 0.457 bits per heavy atom. The van der Waals surface area contributed by atoms with E-state index in [1.807, 2.05) is 0 Å². The number of aliphatic hydroxyl groups is 4. The standard InChI is InChI=1S/C61H108O9/c1-3-5-7-9-11-13-15-17-19-21-23-25-27-28-29-30-32-34-36-38-40-42-44-46-48-50-57(63)69-55(54-68-61-60(66)59(65)58(64)56(52-62)70-61)53-67-51-49-47-45-43-41-39-37-35-33-31-26-24-22-20-18-16-14-12-10-8-6-4-2/h15-18,21-24,27-28,31,33,55-56,58-62,64-66H,3-14,19-20,25-26,29-30,32,34-54H2,1-2H3/b17-15-,18-16-,23-21-,24-22-,28-27-,33-31-. The third-order valence-electron chi connectivity index (χ3n) is 13.1. The minimum absolute atomic E-state index is 0.122. The molecular weight excluding hydrogens is 877 g/mol. The molecule has 0 saturated carbocycles. The second kappa shape index (κ2) is 51.5. The number of ether oxygens (including phenoxy) is 4. The van der Waals surface area contributed by atoms with Crippen LogP contribution in [0.3, 0.4) is 0 Å². The van der Waals surface area contributed by atoms with Crippen molar-refractivity contribution in [3.8, 4) is 0 Å². The lowest BCUT2D eigenvalue weighted by atomic mass is 9.99. The number of unbranched alkanes of at least 4 members (excludes halogenated alkanes) is 27. The molecule has 0 amide bonds. The highest BCUT2D eigenvalue weighted by molar-refractivity contribution is 5.69. The topological polar surface area (TPSA) is 135 Å². The third kappa shape index (κ3) is 41.1. The Balaban J connectivity index is 2.18. The molecular formula is C61H108O9. The van der Waals surface area contributed by atoms with Gasteiger partial charge in [-0.25, -0.2) is 0 Å². The van der Waals surface area contributed by atoms with E-state index in [1.54, 1.807) is 0 Å². The van der Waals surface area contributed by atoms with Crippen molar-refractivity contribution in [2.45, 2.75) is 282 Å². The molecule has 0 aromatic heterocycles. The van der Waals surface area contributed by atoms with E-state index in [0.29, 0.717) is 13.0 Å². The molecule has 0 aromatic rings. The van der Waals surface area contributed by atoms with Crippen molar-refractivity contribution < 1.29 is 44.2 Å². The van der Waals surface area contributed by atoms with Crippen LogP contribution in [0.1, 0.15) is 245 Å². The fourth-order valence-electron chi connectivity index (χ4n) is 8.57. The Morgan fingerprint density at radius 2 is 0.829 bits per heavy atom. The van der Waals surface area contributed by atoms with Gasteiger partial charge in [-0.3, -0.25) is 4.79 Å². The van der Waals surface area contributed by atoms with E-state index in [9.17, 15) is 25.2 Å². The molecule has 0 bridgehead atoms. The van der Waals surface area contributed by atoms with Crippen LogP contribution in [0.2, 0.25) is 0 Å². The summed E-state index contributed by atoms with van der Waals surface area (Å²) in [6.07, 6.45) is 62.3. The van der Waals surface area contributed by atoms with Crippen LogP contribution in [0, 0.1) is 0 Å². The molecule has 6 unspecified atom stereocenters. The summed E-state index contributed by atoms with van der Waals surface area (Å²) in [5.41, 5.74) is 0. The van der Waals surface area contributed by atoms with Crippen molar-refractivity contribution in [1.29, 1.82) is 0 Å². The molecule has 6 atom stereocenters. The van der Waals surface area contributed by atoms with Gasteiger partial charge < -0.3 is 39.4 Å². The van der Waals surface area contributed by atoms with Gasteiger partial charge in [0, 0.05) is 13.0 Å². The van der Waals surface area contributed by atoms with E-state index in [2.05, 4.69) is 86.8 Å². The van der Waals surface area contributed by atoms with Gasteiger partial charge >= 0.3 is 5.97 Å². The number of esters is 1. The number of allylic oxidation sites excluding steroid dienone is 12. The van der Waals surface area contributed by atoms with Crippen LogP contribution < -0.4 is 0 Å². The molecule has 70 heavy (non-hydrogen) atoms. The molecule has 0 aromatic carbocycles. The van der Waals surface area contributed by atoms with E-state index in [4.69, 9.17) is 18.9 Å². The molecule has 1 fully saturated rings. The maximum absolute atomic E-state index is 12.9. The van der Waals surface area contributed by atoms with E-state index >= 15 is 0 Å². The van der Waals surface area contributed by atoms with Crippen LogP contribution >= 0.6 is 0 Å². The van der Waals surface area contributed by atoms with Crippen LogP contribution in [0.4, 0.5) is 0 Å². The maximum Gasteiger partial charge on any atom is 0.306 e. The number of hydrogen-bond donors (Lipinski definition) is 4. The molecule has 1 saturated heterocycles. The van der Waals surface area contributed by atoms with Gasteiger partial charge in [-0.2, -0.15) is 0 Å². The van der Waals surface area contributed by atoms with Crippen molar-refractivity contribution in [1.82, 2.24) is 0 Å². The average molecular weight is 986 g/mol. The molecule has 0 radical (unpaired) electrons. The maximum atomic E-state index is 12.9. The summed E-state index contributed by atoms with van der Waals surface area (Å²) >= 11 is 0. The summed E-state index contributed by atoms with van der Waals surface area (Å²) in [6, 6.07) is 0. The Kier molecular flexibility index (Phi) is 48.3. The average Bonchev–Trinajstić information content (AvgIpc) is 3.36. The van der Waals surface area contributed by atoms with Crippen molar-refractivity contribution >= 4 is 5.97 Å². The summed E-state index contributed by atoms with van der Waals surface area (Å²) in [5.74, 6) is -0.321. The molecule has 0 spiro atoms. The molecule has 4 N–H and O–H groups in total. The molecule has 9 heteroatoms. The summed E-state index contributed by atoms with van der Waals surface area (Å²) in [5, 5.41) is 40.4. The highest BCUT2D eigenvalue weighted by atomic mass is 16.7. The first-order chi connectivity index (χ1) is 34.4. The smallest absolute Gasteiger partial charge is 0.306 e. The van der Waals surface area contributed by atoms with Crippen LogP contribution in [-0.4, -0.2) is 89.6 Å². The van der Waals surface area contributed by atoms with Crippen LogP contribution in [0.5, 0.6) is 0 Å². The zero-order chi connectivity index (χ0) is 50.6. The highest BCUT2D eigenvalue weighted by Gasteiger charge is 2.44. The van der Waals surface area contributed by atoms with Gasteiger partial charge in [-0.15, -0.1) is 0 Å². The largest absolute Gasteiger partial charge is 0.457 e.